The van der Waals surface area contributed by atoms with Gasteiger partial charge in [-0.2, -0.15) is 10.1 Å². The summed E-state index contributed by atoms with van der Waals surface area (Å²) in [4.78, 5) is 6.65. The predicted molar refractivity (Wildman–Crippen MR) is 73.1 cm³/mol. The fourth-order valence-electron chi connectivity index (χ4n) is 2.62. The van der Waals surface area contributed by atoms with Crippen molar-refractivity contribution in [3.05, 3.63) is 41.7 Å². The fourth-order valence-corrected chi connectivity index (χ4v) is 2.62. The van der Waals surface area contributed by atoms with Gasteiger partial charge in [-0.3, -0.25) is 9.58 Å². The van der Waals surface area contributed by atoms with Crippen LogP contribution in [0.15, 0.2) is 33.4 Å². The summed E-state index contributed by atoms with van der Waals surface area (Å²) in [6, 6.07) is 5.74. The van der Waals surface area contributed by atoms with Crippen LogP contribution in [0.3, 0.4) is 0 Å². The van der Waals surface area contributed by atoms with Crippen molar-refractivity contribution in [1.29, 1.82) is 0 Å². The highest BCUT2D eigenvalue weighted by atomic mass is 16.5. The second-order valence-electron chi connectivity index (χ2n) is 5.20. The molecule has 4 rings (SSSR count). The highest BCUT2D eigenvalue weighted by Crippen LogP contribution is 2.18. The van der Waals surface area contributed by atoms with Gasteiger partial charge in [0.2, 0.25) is 11.7 Å². The van der Waals surface area contributed by atoms with Crippen molar-refractivity contribution < 1.29 is 8.94 Å². The van der Waals surface area contributed by atoms with Crippen LogP contribution in [-0.2, 0) is 19.6 Å². The summed E-state index contributed by atoms with van der Waals surface area (Å²) in [5.74, 6) is 1.72. The van der Waals surface area contributed by atoms with Crippen LogP contribution < -0.4 is 0 Å². The van der Waals surface area contributed by atoms with E-state index in [1.54, 1.807) is 12.3 Å². The van der Waals surface area contributed by atoms with Crippen LogP contribution in [0.4, 0.5) is 0 Å². The Labute approximate surface area is 121 Å². The highest BCUT2D eigenvalue weighted by molar-refractivity contribution is 5.44. The molecule has 0 aromatic carbocycles. The fraction of sp³-hybridized carbons (Fsp3) is 0.357. The molecule has 0 aliphatic carbocycles. The molecule has 0 fully saturated rings. The average Bonchev–Trinajstić information content (AvgIpc) is 3.16. The van der Waals surface area contributed by atoms with Crippen LogP contribution in [-0.4, -0.2) is 31.4 Å². The Morgan fingerprint density at radius 1 is 1.33 bits per heavy atom. The van der Waals surface area contributed by atoms with Gasteiger partial charge in [0.15, 0.2) is 5.76 Å². The zero-order valence-corrected chi connectivity index (χ0v) is 11.7. The molecule has 1 aliphatic heterocycles. The first-order valence-corrected chi connectivity index (χ1v) is 6.90. The zero-order chi connectivity index (χ0) is 14.2. The van der Waals surface area contributed by atoms with Gasteiger partial charge in [-0.25, -0.2) is 0 Å². The van der Waals surface area contributed by atoms with Gasteiger partial charge < -0.3 is 8.94 Å². The maximum atomic E-state index is 5.30. The van der Waals surface area contributed by atoms with E-state index in [9.17, 15) is 0 Å². The average molecular weight is 285 g/mol. The van der Waals surface area contributed by atoms with Crippen LogP contribution in [0.25, 0.3) is 11.6 Å². The number of hydrogen-bond acceptors (Lipinski definition) is 6. The first-order valence-electron chi connectivity index (χ1n) is 6.90. The molecule has 0 atom stereocenters. The van der Waals surface area contributed by atoms with E-state index in [1.165, 1.54) is 5.69 Å². The van der Waals surface area contributed by atoms with Gasteiger partial charge in [0, 0.05) is 13.1 Å². The van der Waals surface area contributed by atoms with Crippen molar-refractivity contribution in [2.45, 2.75) is 26.6 Å². The molecule has 0 amide bonds. The summed E-state index contributed by atoms with van der Waals surface area (Å²) in [5, 5.41) is 8.41. The molecule has 108 valence electrons. The van der Waals surface area contributed by atoms with Crippen LogP contribution in [0.1, 0.15) is 17.3 Å². The lowest BCUT2D eigenvalue weighted by Gasteiger charge is -2.25. The van der Waals surface area contributed by atoms with Crippen LogP contribution in [0.2, 0.25) is 0 Å². The third-order valence-corrected chi connectivity index (χ3v) is 3.57. The normalized spacial score (nSPS) is 15.3. The Kier molecular flexibility index (Phi) is 2.85. The molecule has 0 bridgehead atoms. The Balaban J connectivity index is 1.47. The number of hydrogen-bond donors (Lipinski definition) is 0. The molecule has 3 aromatic rings. The predicted octanol–water partition coefficient (Wildman–Crippen LogP) is 1.85. The maximum Gasteiger partial charge on any atom is 0.241 e. The van der Waals surface area contributed by atoms with E-state index < -0.39 is 0 Å². The summed E-state index contributed by atoms with van der Waals surface area (Å²) in [7, 11) is 0. The minimum absolute atomic E-state index is 0.493. The topological polar surface area (TPSA) is 73.1 Å². The Morgan fingerprint density at radius 2 is 2.29 bits per heavy atom. The van der Waals surface area contributed by atoms with E-state index in [0.29, 0.717) is 24.0 Å². The van der Waals surface area contributed by atoms with Gasteiger partial charge >= 0.3 is 0 Å². The summed E-state index contributed by atoms with van der Waals surface area (Å²) >= 11 is 0. The van der Waals surface area contributed by atoms with Crippen molar-refractivity contribution in [1.82, 2.24) is 24.8 Å². The lowest BCUT2D eigenvalue weighted by molar-refractivity contribution is 0.180. The molecule has 7 heteroatoms. The molecule has 0 N–H and O–H groups in total. The van der Waals surface area contributed by atoms with E-state index in [1.807, 2.05) is 13.0 Å². The van der Waals surface area contributed by atoms with E-state index >= 15 is 0 Å². The molecule has 21 heavy (non-hydrogen) atoms. The lowest BCUT2D eigenvalue weighted by atomic mass is 10.3. The Hall–Kier alpha value is -2.41. The van der Waals surface area contributed by atoms with Crippen molar-refractivity contribution in [3.63, 3.8) is 0 Å². The monoisotopic (exact) mass is 285 g/mol. The molecule has 0 saturated carbocycles. The van der Waals surface area contributed by atoms with Gasteiger partial charge in [-0.05, 0) is 25.1 Å². The lowest BCUT2D eigenvalue weighted by Crippen LogP contribution is -2.33. The van der Waals surface area contributed by atoms with Crippen LogP contribution in [0.5, 0.6) is 0 Å². The van der Waals surface area contributed by atoms with Gasteiger partial charge in [0.1, 0.15) is 0 Å². The maximum absolute atomic E-state index is 5.30. The van der Waals surface area contributed by atoms with Crippen LogP contribution in [0, 0.1) is 6.92 Å². The minimum atomic E-state index is 0.493. The van der Waals surface area contributed by atoms with Crippen molar-refractivity contribution >= 4 is 0 Å². The second kappa shape index (κ2) is 4.85. The summed E-state index contributed by atoms with van der Waals surface area (Å²) in [5.41, 5.74) is 2.29. The first-order chi connectivity index (χ1) is 10.3. The van der Waals surface area contributed by atoms with Gasteiger partial charge in [-0.1, -0.05) is 5.16 Å². The van der Waals surface area contributed by atoms with Crippen molar-refractivity contribution in [2.24, 2.45) is 0 Å². The van der Waals surface area contributed by atoms with E-state index in [0.717, 1.165) is 25.3 Å². The third kappa shape index (κ3) is 2.36. The molecule has 0 unspecified atom stereocenters. The molecule has 0 radical (unpaired) electrons. The summed E-state index contributed by atoms with van der Waals surface area (Å²) in [6.07, 6.45) is 1.60. The van der Waals surface area contributed by atoms with Gasteiger partial charge in [0.25, 0.3) is 0 Å². The number of aryl methyl sites for hydroxylation is 1. The molecule has 0 saturated heterocycles. The SMILES string of the molecule is Cc1cc2n(n1)CCN(Cc1nc(-c3ccco3)no1)C2. The van der Waals surface area contributed by atoms with E-state index in [2.05, 4.69) is 30.9 Å². The first kappa shape index (κ1) is 12.3. The third-order valence-electron chi connectivity index (χ3n) is 3.57. The van der Waals surface area contributed by atoms with E-state index in [4.69, 9.17) is 8.94 Å². The van der Waals surface area contributed by atoms with Gasteiger partial charge in [-0.15, -0.1) is 0 Å². The number of furan rings is 1. The zero-order valence-electron chi connectivity index (χ0n) is 11.7. The number of aromatic nitrogens is 4. The Bertz CT molecular complexity index is 743. The quantitative estimate of drug-likeness (QED) is 0.731. The number of nitrogens with zero attached hydrogens (tertiary/aromatic N) is 5. The largest absolute Gasteiger partial charge is 0.461 e. The van der Waals surface area contributed by atoms with Crippen molar-refractivity contribution in [2.75, 3.05) is 6.54 Å². The Morgan fingerprint density at radius 3 is 3.14 bits per heavy atom. The van der Waals surface area contributed by atoms with E-state index in [-0.39, 0.29) is 0 Å². The smallest absolute Gasteiger partial charge is 0.241 e. The number of fused-ring (bicyclic) bond motifs is 1. The second-order valence-corrected chi connectivity index (χ2v) is 5.20. The summed E-state index contributed by atoms with van der Waals surface area (Å²) in [6.45, 7) is 5.31. The molecule has 1 aliphatic rings. The summed E-state index contributed by atoms with van der Waals surface area (Å²) < 4.78 is 12.6. The standard InChI is InChI=1S/C14H15N5O2/c1-10-7-11-8-18(4-5-19(11)16-10)9-13-15-14(17-21-13)12-3-2-6-20-12/h2-3,6-7H,4-5,8-9H2,1H3. The molecular weight excluding hydrogens is 270 g/mol. The molecule has 3 aromatic heterocycles. The molecule has 7 nitrogen and oxygen atoms in total. The highest BCUT2D eigenvalue weighted by Gasteiger charge is 2.20. The molecule has 4 heterocycles. The molecular formula is C14H15N5O2. The van der Waals surface area contributed by atoms with Gasteiger partial charge in [0.05, 0.1) is 30.7 Å². The minimum Gasteiger partial charge on any atom is -0.461 e. The number of rotatable bonds is 3. The van der Waals surface area contributed by atoms with Crippen LogP contribution >= 0.6 is 0 Å². The molecule has 0 spiro atoms. The van der Waals surface area contributed by atoms with Crippen molar-refractivity contribution in [3.8, 4) is 11.6 Å².